The third-order valence-corrected chi connectivity index (χ3v) is 11.0. The molecule has 4 aromatic rings. The Morgan fingerprint density at radius 3 is 1.86 bits per heavy atom. The number of hydrogen-bond donors (Lipinski definition) is 13. The summed E-state index contributed by atoms with van der Waals surface area (Å²) < 4.78 is 45.5. The fraction of sp³-hybridized carbons (Fsp3) is 0.429. The van der Waals surface area contributed by atoms with E-state index in [-0.39, 0.29) is 17.1 Å². The van der Waals surface area contributed by atoms with Crippen LogP contribution in [0.3, 0.4) is 0 Å². The zero-order valence-electron chi connectivity index (χ0n) is 34.0. The fourth-order valence-corrected chi connectivity index (χ4v) is 7.27. The molecule has 0 aliphatic carbocycles. The van der Waals surface area contributed by atoms with Gasteiger partial charge in [0.1, 0.15) is 83.2 Å². The highest BCUT2D eigenvalue weighted by atomic mass is 16.7. The van der Waals surface area contributed by atoms with Crippen LogP contribution in [0.15, 0.2) is 63.8 Å². The molecule has 0 radical (unpaired) electrons. The first-order valence-corrected chi connectivity index (χ1v) is 19.9. The van der Waals surface area contributed by atoms with Crippen molar-refractivity contribution < 1.29 is 109 Å². The van der Waals surface area contributed by atoms with Gasteiger partial charge in [0.25, 0.3) is 0 Å². The van der Waals surface area contributed by atoms with Gasteiger partial charge in [-0.25, -0.2) is 4.79 Å². The van der Waals surface area contributed by atoms with E-state index in [9.17, 15) is 76.0 Å². The molecule has 3 aliphatic rings. The summed E-state index contributed by atoms with van der Waals surface area (Å²) in [5.41, 5.74) is -1.61. The third-order valence-electron chi connectivity index (χ3n) is 11.0. The van der Waals surface area contributed by atoms with Gasteiger partial charge in [0.05, 0.1) is 18.8 Å². The van der Waals surface area contributed by atoms with Crippen LogP contribution in [-0.4, -0.2) is 171 Å². The second-order valence-electron chi connectivity index (χ2n) is 15.6. The van der Waals surface area contributed by atoms with E-state index in [4.69, 9.17) is 37.6 Å². The number of aromatic hydroxyl groups is 5. The number of esters is 1. The zero-order chi connectivity index (χ0) is 47.2. The molecule has 65 heavy (non-hydrogen) atoms. The minimum absolute atomic E-state index is 0.0422. The highest BCUT2D eigenvalue weighted by Gasteiger charge is 2.50. The van der Waals surface area contributed by atoms with Crippen LogP contribution < -0.4 is 14.9 Å². The van der Waals surface area contributed by atoms with Crippen molar-refractivity contribution in [2.45, 2.75) is 106 Å². The Hall–Kier alpha value is -5.80. The molecule has 3 aliphatic heterocycles. The SMILES string of the molecule is CC1OC(OCC2OC(Oc3c(-c4cc(O)c(O)c(O)c4)oc4cc(OC5OC(C)C(O)C(O)C5O)cc(O)c4c3=O)C(O)C(O)C2OC(=O)C=Cc2ccc(O)cc2)C(O)C(O)C1O. The van der Waals surface area contributed by atoms with Gasteiger partial charge in [0.2, 0.25) is 23.8 Å². The minimum Gasteiger partial charge on any atom is -0.508 e. The number of phenols is 5. The van der Waals surface area contributed by atoms with E-state index >= 15 is 0 Å². The van der Waals surface area contributed by atoms with Crippen molar-refractivity contribution in [2.75, 3.05) is 6.61 Å². The molecule has 0 bridgehead atoms. The van der Waals surface area contributed by atoms with Crippen molar-refractivity contribution in [1.82, 2.24) is 0 Å². The number of carbonyl (C=O) groups is 1. The van der Waals surface area contributed by atoms with Gasteiger partial charge in [-0.2, -0.15) is 0 Å². The number of rotatable bonds is 11. The average Bonchev–Trinajstić information content (AvgIpc) is 3.26. The van der Waals surface area contributed by atoms with Crippen LogP contribution in [0.2, 0.25) is 0 Å². The second-order valence-corrected chi connectivity index (χ2v) is 15.6. The highest BCUT2D eigenvalue weighted by Crippen LogP contribution is 2.43. The van der Waals surface area contributed by atoms with E-state index < -0.39 is 156 Å². The number of ether oxygens (including phenoxy) is 7. The van der Waals surface area contributed by atoms with Crippen molar-refractivity contribution in [3.05, 3.63) is 70.4 Å². The van der Waals surface area contributed by atoms with E-state index in [1.807, 2.05) is 0 Å². The number of carbonyl (C=O) groups excluding carboxylic acids is 1. The van der Waals surface area contributed by atoms with Crippen LogP contribution in [0.25, 0.3) is 28.4 Å². The lowest BCUT2D eigenvalue weighted by Gasteiger charge is -2.43. The first-order chi connectivity index (χ1) is 30.7. The van der Waals surface area contributed by atoms with Crippen molar-refractivity contribution in [2.24, 2.45) is 0 Å². The van der Waals surface area contributed by atoms with Gasteiger partial charge in [0, 0.05) is 23.8 Å². The van der Waals surface area contributed by atoms with E-state index in [2.05, 4.69) is 0 Å². The van der Waals surface area contributed by atoms with Crippen LogP contribution in [-0.2, 0) is 28.5 Å². The Bertz CT molecular complexity index is 2420. The quantitative estimate of drug-likeness (QED) is 0.0462. The summed E-state index contributed by atoms with van der Waals surface area (Å²) in [6, 6.07) is 9.27. The summed E-state index contributed by atoms with van der Waals surface area (Å²) in [6.45, 7) is 2.00. The predicted octanol–water partition coefficient (Wildman–Crippen LogP) is -1.51. The molecule has 3 aromatic carbocycles. The van der Waals surface area contributed by atoms with E-state index in [0.29, 0.717) is 5.56 Å². The van der Waals surface area contributed by atoms with Crippen molar-refractivity contribution in [3.8, 4) is 51.6 Å². The first kappa shape index (κ1) is 47.2. The van der Waals surface area contributed by atoms with Gasteiger partial charge in [-0.1, -0.05) is 12.1 Å². The van der Waals surface area contributed by atoms with Gasteiger partial charge in [-0.3, -0.25) is 4.79 Å². The summed E-state index contributed by atoms with van der Waals surface area (Å²) in [5, 5.41) is 136. The standard InChI is InChI=1S/C42H46O23/c1-14-27(48)31(52)34(55)40(59-14)58-13-24-38(64-25(47)8-5-16-3-6-18(43)7-4-16)33(54)36(57)42(63-24)65-39-30(51)26-20(44)11-19(61-41-35(56)32(53)28(49)15(2)60-41)12-23(26)62-37(39)17-9-21(45)29(50)22(46)10-17/h3-12,14-15,24,27-28,31-36,38,40-46,48-50,52-57H,13H2,1-2H3. The molecule has 15 atom stereocenters. The molecule has 23 nitrogen and oxygen atoms in total. The Kier molecular flexibility index (Phi) is 13.8. The number of phenolic OH excluding ortho intramolecular Hbond substituents is 5. The van der Waals surface area contributed by atoms with Crippen LogP contribution in [0.5, 0.6) is 40.2 Å². The second kappa shape index (κ2) is 19.0. The Labute approximate surface area is 365 Å². The summed E-state index contributed by atoms with van der Waals surface area (Å²) in [6.07, 6.45) is -23.1. The summed E-state index contributed by atoms with van der Waals surface area (Å²) in [4.78, 5) is 27.5. The van der Waals surface area contributed by atoms with E-state index in [0.717, 1.165) is 30.3 Å². The molecular weight excluding hydrogens is 872 g/mol. The molecule has 1 aromatic heterocycles. The molecular formula is C42H46O23. The molecule has 4 heterocycles. The fourth-order valence-electron chi connectivity index (χ4n) is 7.27. The zero-order valence-corrected chi connectivity index (χ0v) is 34.0. The lowest BCUT2D eigenvalue weighted by atomic mass is 9.98. The third kappa shape index (κ3) is 9.62. The van der Waals surface area contributed by atoms with Crippen LogP contribution >= 0.6 is 0 Å². The van der Waals surface area contributed by atoms with Gasteiger partial charge in [0.15, 0.2) is 35.4 Å². The van der Waals surface area contributed by atoms with Gasteiger partial charge in [-0.15, -0.1) is 0 Å². The maximum Gasteiger partial charge on any atom is 0.331 e. The molecule has 352 valence electrons. The largest absolute Gasteiger partial charge is 0.508 e. The van der Waals surface area contributed by atoms with Gasteiger partial charge < -0.3 is 104 Å². The molecule has 0 saturated carbocycles. The van der Waals surface area contributed by atoms with E-state index in [1.54, 1.807) is 0 Å². The molecule has 15 unspecified atom stereocenters. The molecule has 13 N–H and O–H groups in total. The van der Waals surface area contributed by atoms with Crippen molar-refractivity contribution in [3.63, 3.8) is 0 Å². The lowest BCUT2D eigenvalue weighted by Crippen LogP contribution is -2.62. The van der Waals surface area contributed by atoms with Crippen LogP contribution in [0, 0.1) is 0 Å². The van der Waals surface area contributed by atoms with Crippen molar-refractivity contribution in [1.29, 1.82) is 0 Å². The molecule has 0 spiro atoms. The molecule has 3 saturated heterocycles. The lowest BCUT2D eigenvalue weighted by molar-refractivity contribution is -0.319. The number of hydrogen-bond acceptors (Lipinski definition) is 23. The molecule has 7 rings (SSSR count). The number of fused-ring (bicyclic) bond motifs is 1. The number of aliphatic hydroxyl groups excluding tert-OH is 8. The topological polar surface area (TPSA) is 375 Å². The van der Waals surface area contributed by atoms with Crippen molar-refractivity contribution >= 4 is 23.0 Å². The summed E-state index contributed by atoms with van der Waals surface area (Å²) in [5.74, 6) is -6.67. The average molecular weight is 919 g/mol. The summed E-state index contributed by atoms with van der Waals surface area (Å²) >= 11 is 0. The minimum atomic E-state index is -2.20. The smallest absolute Gasteiger partial charge is 0.331 e. The molecule has 23 heteroatoms. The maximum atomic E-state index is 14.4. The summed E-state index contributed by atoms with van der Waals surface area (Å²) in [7, 11) is 0. The monoisotopic (exact) mass is 918 g/mol. The Morgan fingerprint density at radius 2 is 1.23 bits per heavy atom. The molecule has 3 fully saturated rings. The number of aliphatic hydroxyl groups is 8. The predicted molar refractivity (Wildman–Crippen MR) is 214 cm³/mol. The maximum absolute atomic E-state index is 14.4. The number of benzene rings is 3. The van der Waals surface area contributed by atoms with Gasteiger partial charge >= 0.3 is 5.97 Å². The molecule has 0 amide bonds. The van der Waals surface area contributed by atoms with E-state index in [1.165, 1.54) is 44.2 Å². The normalized spacial score (nSPS) is 32.9. The Balaban J connectivity index is 1.24. The van der Waals surface area contributed by atoms with Crippen LogP contribution in [0.1, 0.15) is 19.4 Å². The van der Waals surface area contributed by atoms with Gasteiger partial charge in [-0.05, 0) is 49.8 Å². The Morgan fingerprint density at radius 1 is 0.662 bits per heavy atom. The van der Waals surface area contributed by atoms with Crippen LogP contribution in [0.4, 0.5) is 0 Å². The highest BCUT2D eigenvalue weighted by molar-refractivity contribution is 5.89. The first-order valence-electron chi connectivity index (χ1n) is 19.9.